The van der Waals surface area contributed by atoms with Gasteiger partial charge in [0.1, 0.15) is 0 Å². The maximum absolute atomic E-state index is 5.32. The third-order valence-corrected chi connectivity index (χ3v) is 10.6. The minimum atomic E-state index is 0.688. The summed E-state index contributed by atoms with van der Waals surface area (Å²) in [5, 5.41) is 6.04. The molecule has 0 aliphatic carbocycles. The zero-order valence-electron chi connectivity index (χ0n) is 30.3. The monoisotopic (exact) mass is 701 g/mol. The summed E-state index contributed by atoms with van der Waals surface area (Å²) in [6.45, 7) is 2.15. The molecule has 0 amide bonds. The highest BCUT2D eigenvalue weighted by molar-refractivity contribution is 6.22. The smallest absolute Gasteiger partial charge is 0.160 e. The van der Waals surface area contributed by atoms with Crippen molar-refractivity contribution in [2.24, 2.45) is 0 Å². The Hall–Kier alpha value is -7.23. The van der Waals surface area contributed by atoms with Crippen LogP contribution in [0.4, 0.5) is 0 Å². The van der Waals surface area contributed by atoms with Gasteiger partial charge in [-0.1, -0.05) is 188 Å². The summed E-state index contributed by atoms with van der Waals surface area (Å²) in [7, 11) is 0. The topological polar surface area (TPSA) is 38.7 Å². The van der Waals surface area contributed by atoms with Gasteiger partial charge < -0.3 is 0 Å². The quantitative estimate of drug-likeness (QED) is 0.162. The number of pyridine rings is 1. The van der Waals surface area contributed by atoms with E-state index >= 15 is 0 Å². The Morgan fingerprint density at radius 2 is 0.818 bits per heavy atom. The van der Waals surface area contributed by atoms with E-state index in [0.29, 0.717) is 5.82 Å². The van der Waals surface area contributed by atoms with E-state index in [-0.39, 0.29) is 0 Å². The summed E-state index contributed by atoms with van der Waals surface area (Å²) in [4.78, 5) is 15.6. The molecule has 10 aromatic rings. The van der Waals surface area contributed by atoms with E-state index in [1.807, 2.05) is 12.1 Å². The molecule has 0 saturated heterocycles. The molecule has 55 heavy (non-hydrogen) atoms. The minimum absolute atomic E-state index is 0.688. The Morgan fingerprint density at radius 3 is 1.44 bits per heavy atom. The Bertz CT molecular complexity index is 2890. The molecule has 0 spiro atoms. The number of aryl methyl sites for hydroxylation is 1. The van der Waals surface area contributed by atoms with Gasteiger partial charge in [-0.15, -0.1) is 0 Å². The van der Waals surface area contributed by atoms with Crippen LogP contribution in [0.5, 0.6) is 0 Å². The van der Waals surface area contributed by atoms with Gasteiger partial charge in [0.2, 0.25) is 0 Å². The molecule has 8 aromatic carbocycles. The van der Waals surface area contributed by atoms with Crippen LogP contribution in [0.1, 0.15) is 5.56 Å². The van der Waals surface area contributed by atoms with E-state index in [4.69, 9.17) is 15.0 Å². The Balaban J connectivity index is 1.08. The molecule has 0 radical (unpaired) electrons. The molecule has 3 nitrogen and oxygen atoms in total. The first-order valence-corrected chi connectivity index (χ1v) is 18.7. The fourth-order valence-corrected chi connectivity index (χ4v) is 7.74. The van der Waals surface area contributed by atoms with E-state index in [2.05, 4.69) is 189 Å². The van der Waals surface area contributed by atoms with E-state index < -0.39 is 0 Å². The second-order valence-corrected chi connectivity index (χ2v) is 14.1. The van der Waals surface area contributed by atoms with Gasteiger partial charge >= 0.3 is 0 Å². The van der Waals surface area contributed by atoms with Crippen LogP contribution in [-0.2, 0) is 0 Å². The lowest BCUT2D eigenvalue weighted by Gasteiger charge is -2.14. The molecule has 0 aliphatic rings. The van der Waals surface area contributed by atoms with Crippen molar-refractivity contribution in [2.45, 2.75) is 6.92 Å². The van der Waals surface area contributed by atoms with E-state index in [0.717, 1.165) is 55.8 Å². The molecule has 2 heterocycles. The van der Waals surface area contributed by atoms with E-state index in [1.54, 1.807) is 0 Å². The number of fused-ring (bicyclic) bond motifs is 5. The summed E-state index contributed by atoms with van der Waals surface area (Å²) in [5.74, 6) is 0.688. The van der Waals surface area contributed by atoms with Crippen LogP contribution in [0.25, 0.3) is 99.9 Å². The Morgan fingerprint density at radius 1 is 0.327 bits per heavy atom. The molecule has 0 fully saturated rings. The molecule has 10 rings (SSSR count). The number of aromatic nitrogens is 3. The molecular weight excluding hydrogens is 667 g/mol. The maximum atomic E-state index is 5.32. The predicted octanol–water partition coefficient (Wildman–Crippen LogP) is 13.6. The van der Waals surface area contributed by atoms with Gasteiger partial charge in [-0.2, -0.15) is 0 Å². The number of hydrogen-bond donors (Lipinski definition) is 0. The second kappa shape index (κ2) is 13.6. The minimum Gasteiger partial charge on any atom is -0.247 e. The molecular formula is C52H35N3. The van der Waals surface area contributed by atoms with E-state index in [1.165, 1.54) is 43.8 Å². The van der Waals surface area contributed by atoms with Gasteiger partial charge in [0.05, 0.1) is 22.6 Å². The molecule has 0 atom stereocenters. The average Bonchev–Trinajstić information content (AvgIpc) is 3.27. The lowest BCUT2D eigenvalue weighted by atomic mass is 9.94. The van der Waals surface area contributed by atoms with Crippen LogP contribution in [0, 0.1) is 6.92 Å². The number of rotatable bonds is 6. The van der Waals surface area contributed by atoms with Crippen molar-refractivity contribution < 1.29 is 0 Å². The third-order valence-electron chi connectivity index (χ3n) is 10.6. The summed E-state index contributed by atoms with van der Waals surface area (Å²) < 4.78 is 0. The molecule has 0 bridgehead atoms. The highest BCUT2D eigenvalue weighted by atomic mass is 14.9. The first-order valence-electron chi connectivity index (χ1n) is 18.7. The first kappa shape index (κ1) is 32.4. The number of hydrogen-bond acceptors (Lipinski definition) is 3. The zero-order valence-corrected chi connectivity index (χ0v) is 30.3. The highest BCUT2D eigenvalue weighted by Gasteiger charge is 2.16. The van der Waals surface area contributed by atoms with Crippen LogP contribution in [0.2, 0.25) is 0 Å². The molecule has 0 unspecified atom stereocenters. The van der Waals surface area contributed by atoms with Gasteiger partial charge in [-0.05, 0) is 51.6 Å². The fourth-order valence-electron chi connectivity index (χ4n) is 7.74. The second-order valence-electron chi connectivity index (χ2n) is 14.1. The molecule has 3 heteroatoms. The predicted molar refractivity (Wildman–Crippen MR) is 230 cm³/mol. The van der Waals surface area contributed by atoms with E-state index in [9.17, 15) is 0 Å². The largest absolute Gasteiger partial charge is 0.247 e. The van der Waals surface area contributed by atoms with Crippen LogP contribution in [0.15, 0.2) is 194 Å². The van der Waals surface area contributed by atoms with Crippen LogP contribution in [0.3, 0.4) is 0 Å². The lowest BCUT2D eigenvalue weighted by molar-refractivity contribution is 1.18. The fraction of sp³-hybridized carbons (Fsp3) is 0.0192. The molecule has 258 valence electrons. The number of para-hydroxylation sites is 1. The average molecular weight is 702 g/mol. The summed E-state index contributed by atoms with van der Waals surface area (Å²) in [6.07, 6.45) is 0. The van der Waals surface area contributed by atoms with Crippen molar-refractivity contribution in [2.75, 3.05) is 0 Å². The third kappa shape index (κ3) is 6.02. The van der Waals surface area contributed by atoms with Crippen LogP contribution < -0.4 is 0 Å². The van der Waals surface area contributed by atoms with Crippen molar-refractivity contribution in [3.05, 3.63) is 200 Å². The van der Waals surface area contributed by atoms with Crippen LogP contribution in [-0.4, -0.2) is 15.0 Å². The van der Waals surface area contributed by atoms with Gasteiger partial charge in [-0.3, -0.25) is 0 Å². The highest BCUT2D eigenvalue weighted by Crippen LogP contribution is 2.39. The summed E-state index contributed by atoms with van der Waals surface area (Å²) in [5.41, 5.74) is 13.7. The normalized spacial score (nSPS) is 11.4. The number of benzene rings is 8. The van der Waals surface area contributed by atoms with Crippen molar-refractivity contribution in [1.82, 2.24) is 15.0 Å². The van der Waals surface area contributed by atoms with Crippen molar-refractivity contribution >= 4 is 32.4 Å². The van der Waals surface area contributed by atoms with Crippen molar-refractivity contribution in [3.8, 4) is 67.4 Å². The first-order chi connectivity index (χ1) is 27.2. The van der Waals surface area contributed by atoms with Gasteiger partial charge in [0, 0.05) is 38.4 Å². The Labute approximate surface area is 320 Å². The molecule has 0 N–H and O–H groups in total. The lowest BCUT2D eigenvalue weighted by Crippen LogP contribution is -1.96. The number of nitrogens with zero attached hydrogens (tertiary/aromatic N) is 3. The van der Waals surface area contributed by atoms with Crippen molar-refractivity contribution in [3.63, 3.8) is 0 Å². The maximum Gasteiger partial charge on any atom is 0.160 e. The van der Waals surface area contributed by atoms with Crippen molar-refractivity contribution in [1.29, 1.82) is 0 Å². The molecule has 0 saturated carbocycles. The van der Waals surface area contributed by atoms with Gasteiger partial charge in [0.15, 0.2) is 5.82 Å². The van der Waals surface area contributed by atoms with Crippen LogP contribution >= 0.6 is 0 Å². The summed E-state index contributed by atoms with van der Waals surface area (Å²) in [6, 6.07) is 68.4. The standard InChI is InChI=1S/C52H35N3/c1-34-11-10-18-45-49-44-17-9-8-16-39(44)31-32-46(49)51(55-50(34)45)42-27-25-41(26-28-42)48-33-47(40-23-19-37(20-24-40)35-12-4-2-5-13-35)53-52(54-48)43-29-21-38(22-30-43)36-14-6-3-7-15-36/h2-33H,1H3. The Kier molecular flexibility index (Phi) is 8.04. The SMILES string of the molecule is Cc1cccc2c1nc(-c1ccc(-c3cc(-c4ccc(-c5ccccc5)cc4)nc(-c4ccc(-c5ccccc5)cc4)n3)cc1)c1ccc3ccccc3c12. The molecule has 0 aliphatic heterocycles. The van der Waals surface area contributed by atoms with Gasteiger partial charge in [0.25, 0.3) is 0 Å². The summed E-state index contributed by atoms with van der Waals surface area (Å²) >= 11 is 0. The zero-order chi connectivity index (χ0) is 36.7. The van der Waals surface area contributed by atoms with Gasteiger partial charge in [-0.25, -0.2) is 15.0 Å². The molecule has 2 aromatic heterocycles.